The number of aryl methyl sites for hydroxylation is 1. The third kappa shape index (κ3) is 38.6. The fourth-order valence-corrected chi connectivity index (χ4v) is 1.15. The molecule has 0 saturated carbocycles. The number of hydrogen-bond acceptors (Lipinski definition) is 6. The minimum absolute atomic E-state index is 0. The first-order chi connectivity index (χ1) is 10.9. The van der Waals surface area contributed by atoms with Crippen LogP contribution in [0.1, 0.15) is 60.4 Å². The molecule has 0 aliphatic heterocycles. The Hall–Kier alpha value is -0.600. The van der Waals surface area contributed by atoms with Gasteiger partial charge in [-0.3, -0.25) is 4.98 Å². The second-order valence-electron chi connectivity index (χ2n) is 3.15. The van der Waals surface area contributed by atoms with Crippen molar-refractivity contribution in [3.8, 4) is 0 Å². The van der Waals surface area contributed by atoms with Gasteiger partial charge in [-0.25, -0.2) is 4.98 Å². The lowest BCUT2D eigenvalue weighted by Crippen LogP contribution is -2.07. The van der Waals surface area contributed by atoms with E-state index >= 15 is 0 Å². The molecule has 6 nitrogen and oxygen atoms in total. The van der Waals surface area contributed by atoms with Gasteiger partial charge in [0.2, 0.25) is 0 Å². The zero-order valence-corrected chi connectivity index (χ0v) is 15.9. The molecule has 0 saturated heterocycles. The quantitative estimate of drug-likeness (QED) is 0.365. The van der Waals surface area contributed by atoms with Gasteiger partial charge in [-0.15, -0.1) is 0 Å². The molecular weight excluding hydrogens is 415 g/mol. The average molecular weight is 468 g/mol. The highest BCUT2D eigenvalue weighted by Gasteiger charge is 1.86. The zero-order valence-electron chi connectivity index (χ0n) is 14.5. The number of anilines is 1. The van der Waals surface area contributed by atoms with Gasteiger partial charge in [0.25, 0.3) is 0 Å². The summed E-state index contributed by atoms with van der Waals surface area (Å²) >= 11 is 0. The molecule has 0 spiro atoms. The van der Waals surface area contributed by atoms with Gasteiger partial charge < -0.3 is 22.2 Å². The molecule has 8 N–H and O–H groups in total. The number of nitrogens with zero attached hydrogens (tertiary/aromatic N) is 2. The SMILES string of the molecule is C.C.C.C.C.C.C.N.NP.NP.[2H]c1cc([B])nc(C)c1.[2H]c1cc([B])nc(NP)c1. The number of hydrogen-bond donors (Lipinski definition) is 4. The largest absolute Gasteiger partial charge is 0.355 e. The molecule has 2 aromatic heterocycles. The van der Waals surface area contributed by atoms with Gasteiger partial charge in [-0.2, -0.15) is 0 Å². The Balaban J connectivity index is -0.0000000250. The molecular formula is C18H51B2N6P3. The highest BCUT2D eigenvalue weighted by molar-refractivity contribution is 7.18. The lowest BCUT2D eigenvalue weighted by atomic mass is 10.0. The summed E-state index contributed by atoms with van der Waals surface area (Å²) in [5, 5.41) is 2.71. The van der Waals surface area contributed by atoms with Gasteiger partial charge in [0.05, 0.1) is 2.74 Å². The molecule has 2 heterocycles. The van der Waals surface area contributed by atoms with Crippen LogP contribution in [0, 0.1) is 6.92 Å². The van der Waals surface area contributed by atoms with Crippen LogP contribution in [-0.2, 0) is 0 Å². The van der Waals surface area contributed by atoms with Crippen molar-refractivity contribution >= 4 is 60.9 Å². The van der Waals surface area contributed by atoms with Crippen LogP contribution in [0.25, 0.3) is 0 Å². The van der Waals surface area contributed by atoms with E-state index in [1.54, 1.807) is 12.1 Å². The van der Waals surface area contributed by atoms with E-state index < -0.39 is 0 Å². The summed E-state index contributed by atoms with van der Waals surface area (Å²) in [5.41, 5.74) is 10.4. The first kappa shape index (κ1) is 51.2. The summed E-state index contributed by atoms with van der Waals surface area (Å²) in [7, 11) is 16.8. The number of nitrogens with one attached hydrogen (secondary N) is 1. The summed E-state index contributed by atoms with van der Waals surface area (Å²) < 4.78 is 14.4. The number of nitrogens with two attached hydrogens (primary N) is 2. The number of rotatable bonds is 1. The van der Waals surface area contributed by atoms with Gasteiger partial charge in [-0.1, -0.05) is 95.0 Å². The normalized spacial score (nSPS) is 6.69. The monoisotopic (exact) mass is 468 g/mol. The second kappa shape index (κ2) is 45.9. The maximum absolute atomic E-state index is 7.21. The number of pyridine rings is 2. The van der Waals surface area contributed by atoms with Crippen LogP contribution in [-0.4, -0.2) is 25.7 Å². The second-order valence-corrected chi connectivity index (χ2v) is 3.44. The Kier molecular flexibility index (Phi) is 81.1. The van der Waals surface area contributed by atoms with Gasteiger partial charge in [0.15, 0.2) is 0 Å². The van der Waals surface area contributed by atoms with E-state index in [0.717, 1.165) is 5.69 Å². The van der Waals surface area contributed by atoms with Gasteiger partial charge in [0, 0.05) is 5.69 Å². The molecule has 0 aromatic carbocycles. The lowest BCUT2D eigenvalue weighted by Gasteiger charge is -1.97. The smallest absolute Gasteiger partial charge is 0.141 e. The highest BCUT2D eigenvalue weighted by atomic mass is 31.0. The molecule has 3 unspecified atom stereocenters. The van der Waals surface area contributed by atoms with Crippen LogP contribution < -0.4 is 33.4 Å². The van der Waals surface area contributed by atoms with Crippen LogP contribution in [0.5, 0.6) is 0 Å². The van der Waals surface area contributed by atoms with Crippen molar-refractivity contribution in [3.63, 3.8) is 0 Å². The van der Waals surface area contributed by atoms with Crippen molar-refractivity contribution in [1.29, 1.82) is 0 Å². The first-order valence-corrected chi connectivity index (χ1v) is 7.40. The maximum atomic E-state index is 7.21. The molecule has 0 fully saturated rings. The Labute approximate surface area is 197 Å². The summed E-state index contributed by atoms with van der Waals surface area (Å²) in [6.07, 6.45) is 0. The third-order valence-corrected chi connectivity index (χ3v) is 1.97. The molecule has 0 amide bonds. The number of aromatic nitrogens is 2. The van der Waals surface area contributed by atoms with Crippen molar-refractivity contribution in [2.24, 2.45) is 11.0 Å². The predicted molar refractivity (Wildman–Crippen MR) is 157 cm³/mol. The van der Waals surface area contributed by atoms with Crippen molar-refractivity contribution < 1.29 is 2.74 Å². The topological polar surface area (TPSA) is 125 Å². The first-order valence-electron chi connectivity index (χ1n) is 6.49. The van der Waals surface area contributed by atoms with Crippen LogP contribution >= 0.6 is 28.2 Å². The molecule has 2 rings (SSSR count). The zero-order chi connectivity index (χ0) is 18.4. The van der Waals surface area contributed by atoms with Gasteiger partial charge in [0.1, 0.15) is 21.5 Å². The minimum atomic E-state index is 0. The minimum Gasteiger partial charge on any atom is -0.355 e. The van der Waals surface area contributed by atoms with E-state index in [2.05, 4.69) is 35.5 Å². The van der Waals surface area contributed by atoms with Crippen LogP contribution in [0.4, 0.5) is 5.82 Å². The Morgan fingerprint density at radius 3 is 1.41 bits per heavy atom. The fraction of sp³-hybridized carbons (Fsp3) is 0.444. The van der Waals surface area contributed by atoms with Crippen LogP contribution in [0.2, 0.25) is 0 Å². The molecule has 0 bridgehead atoms. The molecule has 3 atom stereocenters. The van der Waals surface area contributed by atoms with Crippen LogP contribution in [0.15, 0.2) is 36.4 Å². The van der Waals surface area contributed by atoms with E-state index in [0.29, 0.717) is 29.1 Å². The molecule has 0 aliphatic rings. The van der Waals surface area contributed by atoms with Crippen LogP contribution in [0.3, 0.4) is 0 Å². The molecule has 2 aromatic rings. The van der Waals surface area contributed by atoms with Crippen molar-refractivity contribution in [1.82, 2.24) is 16.1 Å². The molecule has 4 radical (unpaired) electrons. The Bertz CT molecular complexity index is 519. The molecule has 29 heavy (non-hydrogen) atoms. The third-order valence-electron chi connectivity index (χ3n) is 1.68. The van der Waals surface area contributed by atoms with E-state index in [-0.39, 0.29) is 58.1 Å². The molecule has 0 aliphatic carbocycles. The van der Waals surface area contributed by atoms with E-state index in [4.69, 9.17) is 18.4 Å². The summed E-state index contributed by atoms with van der Waals surface area (Å²) in [5.74, 6) is 0.593. The lowest BCUT2D eigenvalue weighted by molar-refractivity contribution is 1.24. The standard InChI is InChI=1S/C6H6BN.C5H6BN2P.7CH4.2H4NP.H3N/c1-5-3-2-4-6(7)8-5;6-4-2-1-3-5(7-4)8-9;;;;;;;;2*1-2;/h2-4H,1H3;1-3H,9H2,(H,7,8);7*1H4;2*1-2H2;1H3/i2D;1D;;;;;;;;;;. The molecule has 174 valence electrons. The van der Waals surface area contributed by atoms with Crippen molar-refractivity contribution in [3.05, 3.63) is 42.0 Å². The molecule has 11 heteroatoms. The average Bonchev–Trinajstić information content (AvgIpc) is 2.49. The summed E-state index contributed by atoms with van der Waals surface area (Å²) in [4.78, 5) is 7.77. The van der Waals surface area contributed by atoms with Crippen molar-refractivity contribution in [2.45, 2.75) is 58.9 Å². The van der Waals surface area contributed by atoms with Gasteiger partial charge >= 0.3 is 0 Å². The predicted octanol–water partition coefficient (Wildman–Crippen LogP) is 4.35. The van der Waals surface area contributed by atoms with E-state index in [1.807, 2.05) is 25.7 Å². The van der Waals surface area contributed by atoms with Crippen molar-refractivity contribution in [2.75, 3.05) is 5.09 Å². The fourth-order valence-electron chi connectivity index (χ4n) is 0.999. The maximum Gasteiger partial charge on any atom is 0.141 e. The van der Waals surface area contributed by atoms with E-state index in [9.17, 15) is 0 Å². The van der Waals surface area contributed by atoms with E-state index in [1.165, 1.54) is 12.1 Å². The Morgan fingerprint density at radius 2 is 1.14 bits per heavy atom. The van der Waals surface area contributed by atoms with Gasteiger partial charge in [-0.05, 0) is 39.6 Å². The highest BCUT2D eigenvalue weighted by Crippen LogP contribution is 1.99. The summed E-state index contributed by atoms with van der Waals surface area (Å²) in [6, 6.07) is 7.04. The summed E-state index contributed by atoms with van der Waals surface area (Å²) in [6.45, 7) is 1.81. The Morgan fingerprint density at radius 1 is 0.793 bits per heavy atom.